The molecule has 11 unspecified atom stereocenters. The second-order valence-electron chi connectivity index (χ2n) is 13.0. The van der Waals surface area contributed by atoms with E-state index in [1.807, 2.05) is 0 Å². The molecule has 1 heterocycles. The molecule has 1 saturated heterocycles. The molecule has 3 nitrogen and oxygen atoms in total. The second-order valence-corrected chi connectivity index (χ2v) is 13.0. The van der Waals surface area contributed by atoms with Crippen LogP contribution in [0.15, 0.2) is 11.6 Å². The van der Waals surface area contributed by atoms with Crippen molar-refractivity contribution in [1.29, 1.82) is 0 Å². The van der Waals surface area contributed by atoms with Crippen LogP contribution in [0.2, 0.25) is 0 Å². The van der Waals surface area contributed by atoms with E-state index >= 15 is 0 Å². The van der Waals surface area contributed by atoms with Gasteiger partial charge in [-0.1, -0.05) is 39.3 Å². The number of likely N-dealkylation sites (tertiary alicyclic amines) is 1. The van der Waals surface area contributed by atoms with Crippen molar-refractivity contribution in [2.45, 2.75) is 104 Å². The van der Waals surface area contributed by atoms with Gasteiger partial charge >= 0.3 is 0 Å². The number of fused-ring (bicyclic) bond motifs is 5. The average molecular weight is 430 g/mol. The van der Waals surface area contributed by atoms with Gasteiger partial charge in [-0.25, -0.2) is 0 Å². The molecule has 0 aromatic carbocycles. The second kappa shape index (κ2) is 7.84. The highest BCUT2D eigenvalue weighted by atomic mass is 16.3. The molecule has 4 aliphatic carbocycles. The summed E-state index contributed by atoms with van der Waals surface area (Å²) >= 11 is 0. The molecule has 0 amide bonds. The highest BCUT2D eigenvalue weighted by Gasteiger charge is 2.62. The average Bonchev–Trinajstić information content (AvgIpc) is 2.99. The Kier molecular flexibility index (Phi) is 5.67. The summed E-state index contributed by atoms with van der Waals surface area (Å²) in [7, 11) is 2.32. The van der Waals surface area contributed by atoms with E-state index in [2.05, 4.69) is 45.7 Å². The molecule has 11 atom stereocenters. The quantitative estimate of drug-likeness (QED) is 0.588. The Morgan fingerprint density at radius 2 is 1.77 bits per heavy atom. The molecule has 3 heteroatoms. The maximum atomic E-state index is 11.6. The number of hydrogen-bond acceptors (Lipinski definition) is 3. The number of hydrogen-bond donors (Lipinski definition) is 2. The van der Waals surface area contributed by atoms with Gasteiger partial charge in [0.2, 0.25) is 0 Å². The lowest BCUT2D eigenvalue weighted by Gasteiger charge is -2.57. The van der Waals surface area contributed by atoms with Gasteiger partial charge in [0, 0.05) is 18.0 Å². The Bertz CT molecular complexity index is 720. The van der Waals surface area contributed by atoms with E-state index in [1.165, 1.54) is 38.6 Å². The van der Waals surface area contributed by atoms with Gasteiger partial charge in [0.25, 0.3) is 0 Å². The Morgan fingerprint density at radius 3 is 2.52 bits per heavy atom. The van der Waals surface area contributed by atoms with Crippen LogP contribution in [0.3, 0.4) is 0 Å². The highest BCUT2D eigenvalue weighted by molar-refractivity contribution is 5.25. The summed E-state index contributed by atoms with van der Waals surface area (Å²) in [5, 5.41) is 21.8. The molecule has 0 radical (unpaired) electrons. The van der Waals surface area contributed by atoms with E-state index in [1.54, 1.807) is 5.57 Å². The van der Waals surface area contributed by atoms with Crippen molar-refractivity contribution in [1.82, 2.24) is 4.90 Å². The summed E-state index contributed by atoms with van der Waals surface area (Å²) in [6, 6.07) is 0.613. The van der Waals surface area contributed by atoms with Crippen molar-refractivity contribution in [2.24, 2.45) is 46.3 Å². The first-order valence-electron chi connectivity index (χ1n) is 13.4. The van der Waals surface area contributed by atoms with Gasteiger partial charge in [0.05, 0.1) is 12.2 Å². The molecule has 4 fully saturated rings. The molecular weight excluding hydrogens is 382 g/mol. The summed E-state index contributed by atoms with van der Waals surface area (Å²) in [6.45, 7) is 11.0. The van der Waals surface area contributed by atoms with Crippen molar-refractivity contribution >= 4 is 0 Å². The third kappa shape index (κ3) is 3.31. The van der Waals surface area contributed by atoms with E-state index < -0.39 is 0 Å². The van der Waals surface area contributed by atoms with Gasteiger partial charge in [-0.05, 0) is 106 Å². The van der Waals surface area contributed by atoms with Crippen LogP contribution in [0.25, 0.3) is 0 Å². The van der Waals surface area contributed by atoms with Crippen LogP contribution in [0.4, 0.5) is 0 Å². The van der Waals surface area contributed by atoms with Crippen molar-refractivity contribution in [3.05, 3.63) is 11.6 Å². The fourth-order valence-corrected chi connectivity index (χ4v) is 9.70. The normalized spacial score (nSPS) is 53.8. The largest absolute Gasteiger partial charge is 0.393 e. The summed E-state index contributed by atoms with van der Waals surface area (Å²) in [5.41, 5.74) is 1.89. The van der Waals surface area contributed by atoms with Crippen molar-refractivity contribution in [3.63, 3.8) is 0 Å². The number of aliphatic hydroxyl groups excluding tert-OH is 2. The molecule has 0 aromatic rings. The summed E-state index contributed by atoms with van der Waals surface area (Å²) < 4.78 is 0. The minimum atomic E-state index is -0.157. The van der Waals surface area contributed by atoms with E-state index in [4.69, 9.17) is 0 Å². The van der Waals surface area contributed by atoms with Crippen LogP contribution in [0.1, 0.15) is 85.5 Å². The minimum Gasteiger partial charge on any atom is -0.393 e. The number of aliphatic hydroxyl groups is 2. The van der Waals surface area contributed by atoms with Gasteiger partial charge in [0.1, 0.15) is 0 Å². The van der Waals surface area contributed by atoms with Crippen molar-refractivity contribution < 1.29 is 10.2 Å². The van der Waals surface area contributed by atoms with Crippen molar-refractivity contribution in [2.75, 3.05) is 13.6 Å². The first-order valence-corrected chi connectivity index (χ1v) is 13.4. The van der Waals surface area contributed by atoms with Gasteiger partial charge in [0.15, 0.2) is 0 Å². The topological polar surface area (TPSA) is 43.7 Å². The van der Waals surface area contributed by atoms with E-state index in [9.17, 15) is 10.2 Å². The highest BCUT2D eigenvalue weighted by Crippen LogP contribution is 2.66. The molecule has 5 rings (SSSR count). The predicted octanol–water partition coefficient (Wildman–Crippen LogP) is 5.26. The zero-order valence-electron chi connectivity index (χ0n) is 20.7. The van der Waals surface area contributed by atoms with Crippen LogP contribution in [0.5, 0.6) is 0 Å². The molecule has 5 aliphatic rings. The minimum absolute atomic E-state index is 0.0444. The molecule has 176 valence electrons. The van der Waals surface area contributed by atoms with Gasteiger partial charge in [-0.3, -0.25) is 0 Å². The zero-order chi connectivity index (χ0) is 22.1. The third-order valence-corrected chi connectivity index (χ3v) is 11.7. The molecule has 0 spiro atoms. The zero-order valence-corrected chi connectivity index (χ0v) is 20.7. The summed E-state index contributed by atoms with van der Waals surface area (Å²) in [4.78, 5) is 2.61. The first-order chi connectivity index (χ1) is 14.7. The Hall–Kier alpha value is -0.380. The smallest absolute Gasteiger partial charge is 0.0602 e. The fraction of sp³-hybridized carbons (Fsp3) is 0.929. The van der Waals surface area contributed by atoms with E-state index in [-0.39, 0.29) is 17.6 Å². The van der Waals surface area contributed by atoms with Crippen LogP contribution in [-0.4, -0.2) is 47.0 Å². The van der Waals surface area contributed by atoms with Crippen LogP contribution < -0.4 is 0 Å². The lowest BCUT2D eigenvalue weighted by molar-refractivity contribution is -0.0729. The number of allylic oxidation sites excluding steroid dienone is 1. The predicted molar refractivity (Wildman–Crippen MR) is 127 cm³/mol. The molecular formula is C28H47NO2. The molecule has 2 N–H and O–H groups in total. The SMILES string of the molecule is CC1CCC(C(C)C2(C)C(O)CC3C4CC=C5CC(O)CCC5(C)C4CCC32)N(C)C1. The van der Waals surface area contributed by atoms with Crippen LogP contribution in [0, 0.1) is 46.3 Å². The van der Waals surface area contributed by atoms with Gasteiger partial charge < -0.3 is 15.1 Å². The lowest BCUT2D eigenvalue weighted by atomic mass is 9.48. The Balaban J connectivity index is 1.40. The van der Waals surface area contributed by atoms with Gasteiger partial charge in [-0.15, -0.1) is 0 Å². The first kappa shape index (κ1) is 22.4. The number of rotatable bonds is 2. The molecule has 3 saturated carbocycles. The lowest BCUT2D eigenvalue weighted by Crippen LogP contribution is -2.54. The maximum absolute atomic E-state index is 11.6. The van der Waals surface area contributed by atoms with Crippen LogP contribution >= 0.6 is 0 Å². The fourth-order valence-electron chi connectivity index (χ4n) is 9.70. The molecule has 0 bridgehead atoms. The maximum Gasteiger partial charge on any atom is 0.0602 e. The molecule has 31 heavy (non-hydrogen) atoms. The Labute approximate surface area is 190 Å². The molecule has 1 aliphatic heterocycles. The molecule has 0 aromatic heterocycles. The third-order valence-electron chi connectivity index (χ3n) is 11.7. The van der Waals surface area contributed by atoms with Gasteiger partial charge in [-0.2, -0.15) is 0 Å². The number of piperidine rings is 1. The van der Waals surface area contributed by atoms with Crippen LogP contribution in [-0.2, 0) is 0 Å². The summed E-state index contributed by atoms with van der Waals surface area (Å²) in [5.74, 6) is 4.17. The van der Waals surface area contributed by atoms with E-state index in [0.29, 0.717) is 29.2 Å². The van der Waals surface area contributed by atoms with Crippen molar-refractivity contribution in [3.8, 4) is 0 Å². The number of nitrogens with zero attached hydrogens (tertiary/aromatic N) is 1. The summed E-state index contributed by atoms with van der Waals surface area (Å²) in [6.07, 6.45) is 12.7. The standard InChI is InChI=1S/C28H47NO2/c1-17-6-11-25(29(5)16-17)18(2)28(4)24-10-9-23-21(22(24)15-26(28)31)8-7-19-14-20(30)12-13-27(19,23)3/h7,17-18,20-26,30-31H,6,8-16H2,1-5H3. The monoisotopic (exact) mass is 429 g/mol. The van der Waals surface area contributed by atoms with E-state index in [0.717, 1.165) is 43.4 Å². The Morgan fingerprint density at radius 1 is 1.03 bits per heavy atom.